The number of piperazine rings is 1. The van der Waals surface area contributed by atoms with Crippen molar-refractivity contribution in [1.29, 1.82) is 0 Å². The number of para-hydroxylation sites is 2. The fourth-order valence-corrected chi connectivity index (χ4v) is 4.20. The highest BCUT2D eigenvalue weighted by molar-refractivity contribution is 7.92. The summed E-state index contributed by atoms with van der Waals surface area (Å²) in [6.07, 6.45) is 0. The Bertz CT molecular complexity index is 834. The molecule has 1 aliphatic rings. The molecule has 0 unspecified atom stereocenters. The van der Waals surface area contributed by atoms with E-state index in [1.54, 1.807) is 17.0 Å². The van der Waals surface area contributed by atoms with Gasteiger partial charge in [-0.25, -0.2) is 12.8 Å². The van der Waals surface area contributed by atoms with Crippen LogP contribution in [0.2, 0.25) is 0 Å². The van der Waals surface area contributed by atoms with Crippen LogP contribution in [0, 0.1) is 5.82 Å². The number of hydrogen-bond donors (Lipinski definition) is 2. The van der Waals surface area contributed by atoms with E-state index in [0.717, 1.165) is 44.5 Å². The molecule has 0 atom stereocenters. The van der Waals surface area contributed by atoms with Gasteiger partial charge in [-0.05, 0) is 37.3 Å². The number of halogens is 1. The van der Waals surface area contributed by atoms with E-state index in [2.05, 4.69) is 16.5 Å². The van der Waals surface area contributed by atoms with E-state index >= 15 is 0 Å². The first-order valence-electron chi connectivity index (χ1n) is 8.45. The van der Waals surface area contributed by atoms with Crippen LogP contribution in [0.5, 0.6) is 0 Å². The van der Waals surface area contributed by atoms with Crippen LogP contribution in [0.25, 0.3) is 0 Å². The van der Waals surface area contributed by atoms with Crippen molar-refractivity contribution in [1.82, 2.24) is 0 Å². The molecule has 1 heterocycles. The van der Waals surface area contributed by atoms with Crippen molar-refractivity contribution in [2.24, 2.45) is 0 Å². The van der Waals surface area contributed by atoms with E-state index in [1.807, 2.05) is 12.1 Å². The zero-order chi connectivity index (χ0) is 17.9. The molecule has 0 bridgehead atoms. The molecule has 2 aromatic rings. The first-order valence-corrected chi connectivity index (χ1v) is 9.94. The number of sulfonamides is 1. The Balaban J connectivity index is 1.84. The van der Waals surface area contributed by atoms with E-state index in [4.69, 9.17) is 0 Å². The Labute approximate surface area is 148 Å². The predicted molar refractivity (Wildman–Crippen MR) is 97.1 cm³/mol. The van der Waals surface area contributed by atoms with Gasteiger partial charge in [0.1, 0.15) is 5.82 Å². The van der Waals surface area contributed by atoms with Crippen molar-refractivity contribution in [3.63, 3.8) is 0 Å². The number of anilines is 2. The van der Waals surface area contributed by atoms with Crippen molar-refractivity contribution >= 4 is 21.4 Å². The highest BCUT2D eigenvalue weighted by Gasteiger charge is 2.23. The maximum absolute atomic E-state index is 13.4. The molecule has 1 aliphatic heterocycles. The van der Waals surface area contributed by atoms with Gasteiger partial charge in [0.2, 0.25) is 0 Å². The van der Waals surface area contributed by atoms with Crippen molar-refractivity contribution in [2.75, 3.05) is 42.3 Å². The minimum atomic E-state index is -3.83. The summed E-state index contributed by atoms with van der Waals surface area (Å²) in [5.74, 6) is -0.574. The highest BCUT2D eigenvalue weighted by atomic mass is 32.2. The van der Waals surface area contributed by atoms with Crippen molar-refractivity contribution in [3.8, 4) is 0 Å². The second kappa shape index (κ2) is 7.41. The van der Waals surface area contributed by atoms with E-state index in [0.29, 0.717) is 5.69 Å². The second-order valence-corrected chi connectivity index (χ2v) is 7.85. The molecule has 2 aromatic carbocycles. The van der Waals surface area contributed by atoms with Gasteiger partial charge < -0.3 is 9.80 Å². The minimum Gasteiger partial charge on any atom is -0.359 e. The summed E-state index contributed by atoms with van der Waals surface area (Å²) in [6.45, 7) is 7.08. The van der Waals surface area contributed by atoms with Gasteiger partial charge in [-0.15, -0.1) is 0 Å². The van der Waals surface area contributed by atoms with Gasteiger partial charge in [0, 0.05) is 0 Å². The molecule has 3 rings (SSSR count). The van der Waals surface area contributed by atoms with Gasteiger partial charge in [-0.2, -0.15) is 0 Å². The zero-order valence-electron chi connectivity index (χ0n) is 14.2. The number of nitrogens with zero attached hydrogens (tertiary/aromatic N) is 1. The van der Waals surface area contributed by atoms with Gasteiger partial charge in [0.15, 0.2) is 0 Å². The van der Waals surface area contributed by atoms with Crippen LogP contribution >= 0.6 is 0 Å². The lowest BCUT2D eigenvalue weighted by Gasteiger charge is -2.34. The molecule has 0 aromatic heterocycles. The van der Waals surface area contributed by atoms with Crippen LogP contribution in [-0.4, -0.2) is 41.1 Å². The molecule has 1 saturated heterocycles. The largest absolute Gasteiger partial charge is 0.359 e. The first kappa shape index (κ1) is 17.7. The summed E-state index contributed by atoms with van der Waals surface area (Å²) >= 11 is 0. The molecule has 0 radical (unpaired) electrons. The monoisotopic (exact) mass is 364 g/mol. The van der Waals surface area contributed by atoms with Crippen molar-refractivity contribution < 1.29 is 17.7 Å². The summed E-state index contributed by atoms with van der Waals surface area (Å²) in [6, 6.07) is 12.4. The molecule has 0 spiro atoms. The standard InChI is InChI=1S/C18H22FN3O2S/c1-2-21-10-12-22(13-11-21)18-9-4-3-8-17(18)20-25(23,24)16-7-5-6-15(19)14-16/h3-9,14,20H,2,10-13H2,1H3/p+1. The molecular formula is C18H23FN3O2S+. The summed E-state index contributed by atoms with van der Waals surface area (Å²) < 4.78 is 41.2. The lowest BCUT2D eigenvalue weighted by Crippen LogP contribution is -3.14. The van der Waals surface area contributed by atoms with Crippen molar-refractivity contribution in [3.05, 3.63) is 54.3 Å². The molecule has 2 N–H and O–H groups in total. The Morgan fingerprint density at radius 1 is 1.12 bits per heavy atom. The maximum Gasteiger partial charge on any atom is 0.262 e. The van der Waals surface area contributed by atoms with Crippen LogP contribution in [0.15, 0.2) is 53.4 Å². The average molecular weight is 364 g/mol. The van der Waals surface area contributed by atoms with Gasteiger partial charge in [-0.3, -0.25) is 4.72 Å². The Hall–Kier alpha value is -2.12. The van der Waals surface area contributed by atoms with Gasteiger partial charge >= 0.3 is 0 Å². The van der Waals surface area contributed by atoms with Crippen molar-refractivity contribution in [2.45, 2.75) is 11.8 Å². The molecule has 134 valence electrons. The van der Waals surface area contributed by atoms with Crippen LogP contribution < -0.4 is 14.5 Å². The molecule has 5 nitrogen and oxygen atoms in total. The Kier molecular flexibility index (Phi) is 5.24. The van der Waals surface area contributed by atoms with E-state index in [9.17, 15) is 12.8 Å². The summed E-state index contributed by atoms with van der Waals surface area (Å²) in [5.41, 5.74) is 1.38. The fourth-order valence-electron chi connectivity index (χ4n) is 3.09. The molecule has 25 heavy (non-hydrogen) atoms. The number of hydrogen-bond acceptors (Lipinski definition) is 3. The summed E-state index contributed by atoms with van der Waals surface area (Å²) in [5, 5.41) is 0. The zero-order valence-corrected chi connectivity index (χ0v) is 15.0. The molecule has 0 amide bonds. The van der Waals surface area contributed by atoms with Crippen LogP contribution in [0.4, 0.5) is 15.8 Å². The molecular weight excluding hydrogens is 341 g/mol. The third-order valence-electron chi connectivity index (χ3n) is 4.57. The number of quaternary nitrogens is 1. The maximum atomic E-state index is 13.4. The van der Waals surface area contributed by atoms with Gasteiger partial charge in [0.25, 0.3) is 10.0 Å². The van der Waals surface area contributed by atoms with Gasteiger partial charge in [-0.1, -0.05) is 18.2 Å². The number of benzene rings is 2. The minimum absolute atomic E-state index is 0.0810. The average Bonchev–Trinajstić information content (AvgIpc) is 2.62. The molecule has 7 heteroatoms. The van der Waals surface area contributed by atoms with Crippen LogP contribution in [0.1, 0.15) is 6.92 Å². The lowest BCUT2D eigenvalue weighted by atomic mass is 10.2. The fraction of sp³-hybridized carbons (Fsp3) is 0.333. The van der Waals surface area contributed by atoms with E-state index in [1.165, 1.54) is 18.2 Å². The SMILES string of the molecule is CC[NH+]1CCN(c2ccccc2NS(=O)(=O)c2cccc(F)c2)CC1. The highest BCUT2D eigenvalue weighted by Crippen LogP contribution is 2.28. The quantitative estimate of drug-likeness (QED) is 0.842. The lowest BCUT2D eigenvalue weighted by molar-refractivity contribution is -0.898. The third-order valence-corrected chi connectivity index (χ3v) is 5.93. The number of nitrogens with one attached hydrogen (secondary N) is 2. The van der Waals surface area contributed by atoms with E-state index in [-0.39, 0.29) is 4.90 Å². The number of rotatable bonds is 5. The normalized spacial score (nSPS) is 16.0. The smallest absolute Gasteiger partial charge is 0.262 e. The van der Waals surface area contributed by atoms with Gasteiger partial charge in [0.05, 0.1) is 49.0 Å². The second-order valence-electron chi connectivity index (χ2n) is 6.17. The predicted octanol–water partition coefficient (Wildman–Crippen LogP) is 1.35. The first-order chi connectivity index (χ1) is 12.0. The van der Waals surface area contributed by atoms with Crippen LogP contribution in [0.3, 0.4) is 0 Å². The molecule has 0 saturated carbocycles. The Morgan fingerprint density at radius 3 is 2.52 bits per heavy atom. The third kappa shape index (κ3) is 4.11. The topological polar surface area (TPSA) is 53.9 Å². The summed E-state index contributed by atoms with van der Waals surface area (Å²) in [4.78, 5) is 3.67. The Morgan fingerprint density at radius 2 is 1.84 bits per heavy atom. The van der Waals surface area contributed by atoms with Crippen LogP contribution in [-0.2, 0) is 10.0 Å². The molecule has 0 aliphatic carbocycles. The number of likely N-dealkylation sites (N-methyl/N-ethyl adjacent to an activating group) is 1. The molecule has 1 fully saturated rings. The van der Waals surface area contributed by atoms with E-state index < -0.39 is 15.8 Å². The summed E-state index contributed by atoms with van der Waals surface area (Å²) in [7, 11) is -3.83.